The molecule has 0 aliphatic heterocycles. The Balaban J connectivity index is 1.70. The summed E-state index contributed by atoms with van der Waals surface area (Å²) in [6.45, 7) is 1.51. The molecule has 1 aromatic carbocycles. The highest BCUT2D eigenvalue weighted by Crippen LogP contribution is 2.22. The Bertz CT molecular complexity index is 1080. The van der Waals surface area contributed by atoms with Crippen molar-refractivity contribution in [3.63, 3.8) is 0 Å². The largest absolute Gasteiger partial charge is 0.492 e. The van der Waals surface area contributed by atoms with Crippen LogP contribution in [0.4, 0.5) is 0 Å². The Labute approximate surface area is 187 Å². The van der Waals surface area contributed by atoms with Crippen LogP contribution in [0, 0.1) is 5.41 Å². The van der Waals surface area contributed by atoms with Crippen molar-refractivity contribution in [2.24, 2.45) is 0 Å². The smallest absolute Gasteiger partial charge is 0.130 e. The molecule has 0 atom stereocenters. The van der Waals surface area contributed by atoms with Crippen molar-refractivity contribution in [2.45, 2.75) is 0 Å². The normalized spacial score (nSPS) is 11.6. The Morgan fingerprint density at radius 1 is 1.13 bits per heavy atom. The second-order valence-electron chi connectivity index (χ2n) is 7.14. The Morgan fingerprint density at radius 3 is 2.65 bits per heavy atom. The van der Waals surface area contributed by atoms with Gasteiger partial charge in [-0.3, -0.25) is 4.98 Å². The molecular weight excluding hydrogens is 414 g/mol. The molecule has 0 fully saturated rings. The van der Waals surface area contributed by atoms with Gasteiger partial charge >= 0.3 is 0 Å². The molecule has 2 aromatic heterocycles. The quantitative estimate of drug-likeness (QED) is 0.368. The summed E-state index contributed by atoms with van der Waals surface area (Å²) in [6.07, 6.45) is 3.47. The molecule has 0 saturated heterocycles. The number of ether oxygens (including phenoxy) is 2. The van der Waals surface area contributed by atoms with E-state index in [1.54, 1.807) is 25.5 Å². The van der Waals surface area contributed by atoms with Crippen molar-refractivity contribution < 1.29 is 9.47 Å². The second-order valence-corrected chi connectivity index (χ2v) is 7.52. The molecule has 31 heavy (non-hydrogen) atoms. The zero-order valence-corrected chi connectivity index (χ0v) is 18.6. The minimum Gasteiger partial charge on any atom is -0.492 e. The van der Waals surface area contributed by atoms with E-state index in [-0.39, 0.29) is 6.61 Å². The third kappa shape index (κ3) is 6.41. The molecular formula is C23H26ClN5O2. The van der Waals surface area contributed by atoms with Crippen LogP contribution in [0.15, 0.2) is 54.9 Å². The number of nitrogens with zero attached hydrogens (tertiary/aromatic N) is 3. The fourth-order valence-corrected chi connectivity index (χ4v) is 3.01. The van der Waals surface area contributed by atoms with E-state index in [0.717, 1.165) is 23.4 Å². The molecule has 7 nitrogen and oxygen atoms in total. The lowest BCUT2D eigenvalue weighted by molar-refractivity contribution is 0.260. The van der Waals surface area contributed by atoms with Gasteiger partial charge in [0.05, 0.1) is 16.7 Å². The number of benzene rings is 1. The van der Waals surface area contributed by atoms with Gasteiger partial charge in [-0.05, 0) is 44.4 Å². The maximum atomic E-state index is 8.55. The number of likely N-dealkylation sites (N-methyl/N-ethyl adjacent to an activating group) is 1. The molecule has 0 aliphatic rings. The first-order valence-electron chi connectivity index (χ1n) is 9.84. The van der Waals surface area contributed by atoms with Crippen molar-refractivity contribution in [3.8, 4) is 11.5 Å². The van der Waals surface area contributed by atoms with Crippen LogP contribution in [0.3, 0.4) is 0 Å². The lowest BCUT2D eigenvalue weighted by Gasteiger charge is -2.14. The monoisotopic (exact) mass is 439 g/mol. The van der Waals surface area contributed by atoms with Crippen LogP contribution in [-0.2, 0) is 0 Å². The van der Waals surface area contributed by atoms with E-state index >= 15 is 0 Å². The first kappa shape index (κ1) is 22.5. The predicted octanol–water partition coefficient (Wildman–Crippen LogP) is 3.88. The molecule has 0 spiro atoms. The molecule has 162 valence electrons. The van der Waals surface area contributed by atoms with Gasteiger partial charge in [-0.15, -0.1) is 0 Å². The van der Waals surface area contributed by atoms with Gasteiger partial charge in [-0.2, -0.15) is 0 Å². The Hall–Kier alpha value is -3.16. The summed E-state index contributed by atoms with van der Waals surface area (Å²) >= 11 is 6.01. The molecule has 0 amide bonds. The number of fused-ring (bicyclic) bond motifs is 1. The summed E-state index contributed by atoms with van der Waals surface area (Å²) in [5.74, 6) is 1.37. The number of hydrogen-bond donors (Lipinski definition) is 2. The maximum absolute atomic E-state index is 8.55. The second kappa shape index (κ2) is 10.7. The number of rotatable bonds is 10. The molecule has 8 heteroatoms. The van der Waals surface area contributed by atoms with Gasteiger partial charge in [0.1, 0.15) is 29.9 Å². The highest BCUT2D eigenvalue weighted by Gasteiger charge is 2.12. The number of nitrogens with one attached hydrogen (secondary N) is 2. The summed E-state index contributed by atoms with van der Waals surface area (Å²) in [5, 5.41) is 11.9. The van der Waals surface area contributed by atoms with Crippen LogP contribution >= 0.6 is 11.6 Å². The first-order valence-corrected chi connectivity index (χ1v) is 10.2. The molecule has 0 bridgehead atoms. The van der Waals surface area contributed by atoms with E-state index in [9.17, 15) is 0 Å². The van der Waals surface area contributed by atoms with E-state index in [4.69, 9.17) is 26.5 Å². The van der Waals surface area contributed by atoms with Gasteiger partial charge in [-0.25, -0.2) is 4.98 Å². The molecule has 0 unspecified atom stereocenters. The van der Waals surface area contributed by atoms with Crippen LogP contribution < -0.4 is 14.8 Å². The average Bonchev–Trinajstić information content (AvgIpc) is 2.75. The minimum absolute atomic E-state index is 0.0929. The maximum Gasteiger partial charge on any atom is 0.130 e. The molecule has 0 saturated carbocycles. The lowest BCUT2D eigenvalue weighted by atomic mass is 10.0. The fraction of sp³-hybridized carbons (Fsp3) is 0.261. The molecule has 2 N–H and O–H groups in total. The minimum atomic E-state index is 0.0929. The van der Waals surface area contributed by atoms with E-state index in [2.05, 4.69) is 20.2 Å². The third-order valence-electron chi connectivity index (χ3n) is 4.42. The van der Waals surface area contributed by atoms with Crippen LogP contribution in [0.1, 0.15) is 5.56 Å². The van der Waals surface area contributed by atoms with Gasteiger partial charge in [0.25, 0.3) is 0 Å². The summed E-state index contributed by atoms with van der Waals surface area (Å²) in [5.41, 5.74) is 3.13. The van der Waals surface area contributed by atoms with Gasteiger partial charge in [0.2, 0.25) is 0 Å². The molecule has 3 rings (SSSR count). The zero-order valence-electron chi connectivity index (χ0n) is 17.9. The van der Waals surface area contributed by atoms with Crippen LogP contribution in [0.25, 0.3) is 16.6 Å². The van der Waals surface area contributed by atoms with Gasteiger partial charge in [0.15, 0.2) is 0 Å². The highest BCUT2D eigenvalue weighted by atomic mass is 35.5. The Kier molecular flexibility index (Phi) is 7.81. The first-order chi connectivity index (χ1) is 15.0. The molecule has 0 radical (unpaired) electrons. The van der Waals surface area contributed by atoms with Crippen molar-refractivity contribution >= 4 is 33.9 Å². The average molecular weight is 440 g/mol. The molecule has 2 heterocycles. The lowest BCUT2D eigenvalue weighted by Crippen LogP contribution is -2.19. The predicted molar refractivity (Wildman–Crippen MR) is 125 cm³/mol. The van der Waals surface area contributed by atoms with Crippen LogP contribution in [0.5, 0.6) is 11.5 Å². The van der Waals surface area contributed by atoms with Crippen molar-refractivity contribution in [1.29, 1.82) is 5.41 Å². The van der Waals surface area contributed by atoms with Crippen LogP contribution in [-0.4, -0.2) is 61.5 Å². The summed E-state index contributed by atoms with van der Waals surface area (Å²) in [6, 6.07) is 12.8. The summed E-state index contributed by atoms with van der Waals surface area (Å²) in [4.78, 5) is 10.8. The fourth-order valence-electron chi connectivity index (χ4n) is 2.85. The summed E-state index contributed by atoms with van der Waals surface area (Å²) < 4.78 is 11.6. The van der Waals surface area contributed by atoms with Gasteiger partial charge in [-0.1, -0.05) is 17.7 Å². The summed E-state index contributed by atoms with van der Waals surface area (Å²) in [7, 11) is 5.78. The molecule has 3 aromatic rings. The highest BCUT2D eigenvalue weighted by molar-refractivity contribution is 6.29. The van der Waals surface area contributed by atoms with E-state index in [0.29, 0.717) is 34.3 Å². The number of halogens is 1. The van der Waals surface area contributed by atoms with Crippen molar-refractivity contribution in [1.82, 2.24) is 20.2 Å². The number of hydrogen-bond acceptors (Lipinski definition) is 7. The molecule has 0 aliphatic carbocycles. The number of aromatic nitrogens is 2. The van der Waals surface area contributed by atoms with Gasteiger partial charge in [0, 0.05) is 43.2 Å². The Morgan fingerprint density at radius 2 is 1.90 bits per heavy atom. The topological polar surface area (TPSA) is 83.4 Å². The van der Waals surface area contributed by atoms with E-state index in [1.807, 2.05) is 50.5 Å². The third-order valence-corrected chi connectivity index (χ3v) is 4.63. The zero-order chi connectivity index (χ0) is 22.2. The standard InChI is InChI=1S/C23H26ClN5O2/c1-26-14-19(16-11-22-21(27-13-16)7-8-23(24)28-22)20(25)15-31-18-6-4-5-17(12-18)30-10-9-29(2)3/h4-8,11-14,25-26H,9-10,15H2,1-3H3/b19-14-,25-20?. The van der Waals surface area contributed by atoms with E-state index in [1.165, 1.54) is 0 Å². The van der Waals surface area contributed by atoms with Crippen molar-refractivity contribution in [3.05, 3.63) is 65.6 Å². The van der Waals surface area contributed by atoms with Crippen molar-refractivity contribution in [2.75, 3.05) is 40.9 Å². The number of pyridine rings is 2. The van der Waals surface area contributed by atoms with E-state index < -0.39 is 0 Å². The van der Waals surface area contributed by atoms with Crippen LogP contribution in [0.2, 0.25) is 5.15 Å². The SMILES string of the molecule is CN/C=C(\C(=N)COc1cccc(OCCN(C)C)c1)c1cnc2ccc(Cl)nc2c1. The van der Waals surface area contributed by atoms with Gasteiger partial charge < -0.3 is 25.1 Å².